The van der Waals surface area contributed by atoms with Gasteiger partial charge < -0.3 is 10.6 Å². The first-order valence-electron chi connectivity index (χ1n) is 8.80. The Kier molecular flexibility index (Phi) is 4.40. The highest BCUT2D eigenvalue weighted by atomic mass is 15.3. The Morgan fingerprint density at radius 2 is 1.70 bits per heavy atom. The Bertz CT molecular complexity index is 308. The smallest absolute Gasteiger partial charge is 0.0356 e. The molecular formula is C17H33N3. The molecule has 2 aliphatic heterocycles. The number of piperidine rings is 1. The molecule has 0 aromatic carbocycles. The fraction of sp³-hybridized carbons (Fsp3) is 1.00. The van der Waals surface area contributed by atoms with E-state index in [9.17, 15) is 0 Å². The van der Waals surface area contributed by atoms with Crippen molar-refractivity contribution in [2.45, 2.75) is 51.5 Å². The van der Waals surface area contributed by atoms with Crippen LogP contribution in [0.1, 0.15) is 46.0 Å². The van der Waals surface area contributed by atoms with Crippen LogP contribution in [-0.2, 0) is 0 Å². The molecule has 0 aromatic heterocycles. The third kappa shape index (κ3) is 2.77. The Labute approximate surface area is 124 Å². The van der Waals surface area contributed by atoms with Gasteiger partial charge in [-0.3, -0.25) is 4.90 Å². The van der Waals surface area contributed by atoms with Crippen molar-refractivity contribution in [2.24, 2.45) is 23.5 Å². The molecule has 1 saturated carbocycles. The Morgan fingerprint density at radius 3 is 2.20 bits per heavy atom. The van der Waals surface area contributed by atoms with Gasteiger partial charge in [-0.05, 0) is 56.5 Å². The minimum absolute atomic E-state index is 0.331. The van der Waals surface area contributed by atoms with Crippen LogP contribution >= 0.6 is 0 Å². The van der Waals surface area contributed by atoms with Gasteiger partial charge in [-0.1, -0.05) is 20.3 Å². The molecule has 1 aliphatic carbocycles. The van der Waals surface area contributed by atoms with Crippen molar-refractivity contribution in [1.29, 1.82) is 0 Å². The van der Waals surface area contributed by atoms with E-state index in [1.54, 1.807) is 0 Å². The van der Waals surface area contributed by atoms with E-state index >= 15 is 0 Å². The second-order valence-electron chi connectivity index (χ2n) is 7.98. The first kappa shape index (κ1) is 14.8. The molecule has 0 spiro atoms. The summed E-state index contributed by atoms with van der Waals surface area (Å²) >= 11 is 0. The van der Waals surface area contributed by atoms with E-state index in [0.29, 0.717) is 5.54 Å². The van der Waals surface area contributed by atoms with E-state index < -0.39 is 0 Å². The lowest BCUT2D eigenvalue weighted by molar-refractivity contribution is 0.0345. The number of hydrogen-bond donors (Lipinski definition) is 1. The summed E-state index contributed by atoms with van der Waals surface area (Å²) in [7, 11) is 0. The zero-order valence-electron chi connectivity index (χ0n) is 13.5. The van der Waals surface area contributed by atoms with Crippen molar-refractivity contribution in [1.82, 2.24) is 9.80 Å². The quantitative estimate of drug-likeness (QED) is 0.856. The van der Waals surface area contributed by atoms with Gasteiger partial charge in [0.05, 0.1) is 0 Å². The van der Waals surface area contributed by atoms with Gasteiger partial charge in [0.2, 0.25) is 0 Å². The lowest BCUT2D eigenvalue weighted by Crippen LogP contribution is -2.59. The van der Waals surface area contributed by atoms with Crippen LogP contribution in [0.4, 0.5) is 0 Å². The first-order chi connectivity index (χ1) is 9.63. The molecule has 0 amide bonds. The van der Waals surface area contributed by atoms with Crippen LogP contribution < -0.4 is 5.73 Å². The molecule has 0 aromatic rings. The number of nitrogens with two attached hydrogens (primary N) is 1. The van der Waals surface area contributed by atoms with Crippen molar-refractivity contribution in [2.75, 3.05) is 39.3 Å². The molecule has 3 nitrogen and oxygen atoms in total. The molecule has 3 aliphatic rings. The van der Waals surface area contributed by atoms with E-state index in [4.69, 9.17) is 5.73 Å². The summed E-state index contributed by atoms with van der Waals surface area (Å²) < 4.78 is 0. The third-order valence-corrected chi connectivity index (χ3v) is 6.19. The lowest BCUT2D eigenvalue weighted by atomic mass is 9.85. The van der Waals surface area contributed by atoms with Crippen molar-refractivity contribution in [3.8, 4) is 0 Å². The van der Waals surface area contributed by atoms with Gasteiger partial charge in [-0.2, -0.15) is 0 Å². The molecule has 2 saturated heterocycles. The van der Waals surface area contributed by atoms with Crippen LogP contribution in [0.15, 0.2) is 0 Å². The number of rotatable bonds is 4. The van der Waals surface area contributed by atoms with E-state index in [1.807, 2.05) is 0 Å². The fourth-order valence-corrected chi connectivity index (χ4v) is 4.94. The molecule has 3 heteroatoms. The summed E-state index contributed by atoms with van der Waals surface area (Å²) in [6.07, 6.45) is 6.99. The molecule has 2 heterocycles. The normalized spacial score (nSPS) is 34.8. The number of fused-ring (bicyclic) bond motifs is 1. The van der Waals surface area contributed by atoms with Crippen LogP contribution in [0.2, 0.25) is 0 Å². The maximum atomic E-state index is 6.25. The summed E-state index contributed by atoms with van der Waals surface area (Å²) in [5.41, 5.74) is 6.59. The molecule has 2 N–H and O–H groups in total. The SMILES string of the molecule is CC(C)CN1CCC(CN)(N2CC3CCCC3C2)CC1. The summed E-state index contributed by atoms with van der Waals surface area (Å²) in [4.78, 5) is 5.45. The van der Waals surface area contributed by atoms with Crippen LogP contribution in [0, 0.1) is 17.8 Å². The molecule has 0 bridgehead atoms. The second kappa shape index (κ2) is 5.94. The summed E-state index contributed by atoms with van der Waals surface area (Å²) in [6, 6.07) is 0. The maximum absolute atomic E-state index is 6.25. The largest absolute Gasteiger partial charge is 0.329 e. The van der Waals surface area contributed by atoms with E-state index in [1.165, 1.54) is 64.8 Å². The van der Waals surface area contributed by atoms with Gasteiger partial charge in [0.1, 0.15) is 0 Å². The highest BCUT2D eigenvalue weighted by Gasteiger charge is 2.46. The van der Waals surface area contributed by atoms with Crippen LogP contribution in [0.25, 0.3) is 0 Å². The van der Waals surface area contributed by atoms with E-state index in [2.05, 4.69) is 23.6 Å². The van der Waals surface area contributed by atoms with Crippen molar-refractivity contribution in [3.05, 3.63) is 0 Å². The molecule has 3 fully saturated rings. The average molecular weight is 279 g/mol. The molecule has 20 heavy (non-hydrogen) atoms. The first-order valence-corrected chi connectivity index (χ1v) is 8.80. The molecule has 2 unspecified atom stereocenters. The highest BCUT2D eigenvalue weighted by molar-refractivity contribution is 5.02. The van der Waals surface area contributed by atoms with E-state index in [0.717, 1.165) is 24.3 Å². The predicted molar refractivity (Wildman–Crippen MR) is 84.7 cm³/mol. The number of nitrogens with zero attached hydrogens (tertiary/aromatic N) is 2. The minimum atomic E-state index is 0.331. The average Bonchev–Trinajstić information content (AvgIpc) is 3.00. The summed E-state index contributed by atoms with van der Waals surface area (Å²) in [6.45, 7) is 12.0. The molecule has 2 atom stereocenters. The van der Waals surface area contributed by atoms with Gasteiger partial charge in [-0.25, -0.2) is 0 Å². The summed E-state index contributed by atoms with van der Waals surface area (Å²) in [5, 5.41) is 0. The standard InChI is InChI=1S/C17H33N3/c1-14(2)10-19-8-6-17(13-18,7-9-19)20-11-15-4-3-5-16(15)12-20/h14-16H,3-13,18H2,1-2H3. The monoisotopic (exact) mass is 279 g/mol. The molecular weight excluding hydrogens is 246 g/mol. The van der Waals surface area contributed by atoms with Gasteiger partial charge in [0.15, 0.2) is 0 Å². The van der Waals surface area contributed by atoms with Gasteiger partial charge >= 0.3 is 0 Å². The molecule has 116 valence electrons. The Balaban J connectivity index is 1.59. The lowest BCUT2D eigenvalue weighted by Gasteiger charge is -2.47. The number of likely N-dealkylation sites (tertiary alicyclic amines) is 2. The number of hydrogen-bond acceptors (Lipinski definition) is 3. The van der Waals surface area contributed by atoms with Crippen molar-refractivity contribution >= 4 is 0 Å². The predicted octanol–water partition coefficient (Wildman–Crippen LogP) is 2.17. The van der Waals surface area contributed by atoms with Crippen LogP contribution in [0.5, 0.6) is 0 Å². The van der Waals surface area contributed by atoms with E-state index in [-0.39, 0.29) is 0 Å². The minimum Gasteiger partial charge on any atom is -0.329 e. The summed E-state index contributed by atoms with van der Waals surface area (Å²) in [5.74, 6) is 2.77. The Morgan fingerprint density at radius 1 is 1.10 bits per heavy atom. The highest BCUT2D eigenvalue weighted by Crippen LogP contribution is 2.42. The zero-order chi connectivity index (χ0) is 14.2. The maximum Gasteiger partial charge on any atom is 0.0356 e. The fourth-order valence-electron chi connectivity index (χ4n) is 4.94. The molecule has 0 radical (unpaired) electrons. The Hall–Kier alpha value is -0.120. The second-order valence-corrected chi connectivity index (χ2v) is 7.98. The van der Waals surface area contributed by atoms with Gasteiger partial charge in [0, 0.05) is 31.7 Å². The third-order valence-electron chi connectivity index (χ3n) is 6.19. The van der Waals surface area contributed by atoms with Crippen LogP contribution in [-0.4, -0.2) is 54.6 Å². The van der Waals surface area contributed by atoms with Crippen LogP contribution in [0.3, 0.4) is 0 Å². The molecule has 3 rings (SSSR count). The zero-order valence-corrected chi connectivity index (χ0v) is 13.5. The topological polar surface area (TPSA) is 32.5 Å². The van der Waals surface area contributed by atoms with Gasteiger partial charge in [0.25, 0.3) is 0 Å². The van der Waals surface area contributed by atoms with Crippen molar-refractivity contribution < 1.29 is 0 Å². The van der Waals surface area contributed by atoms with Gasteiger partial charge in [-0.15, -0.1) is 0 Å². The van der Waals surface area contributed by atoms with Crippen molar-refractivity contribution in [3.63, 3.8) is 0 Å².